The van der Waals surface area contributed by atoms with Crippen LogP contribution < -0.4 is 5.32 Å². The quantitative estimate of drug-likeness (QED) is 0.845. The minimum absolute atomic E-state index is 0.156. The van der Waals surface area contributed by atoms with Crippen molar-refractivity contribution in [1.29, 1.82) is 0 Å². The van der Waals surface area contributed by atoms with Crippen molar-refractivity contribution in [2.75, 3.05) is 5.32 Å². The molecule has 0 aromatic heterocycles. The van der Waals surface area contributed by atoms with Gasteiger partial charge in [-0.15, -0.1) is 0 Å². The molecule has 0 heterocycles. The second kappa shape index (κ2) is 5.17. The Bertz CT molecular complexity index is 532. The van der Waals surface area contributed by atoms with Gasteiger partial charge in [-0.3, -0.25) is 0 Å². The topological polar surface area (TPSA) is 12.0 Å². The fraction of sp³-hybridized carbons (Fsp3) is 0.200. The number of hydrogen-bond donors (Lipinski definition) is 1. The van der Waals surface area contributed by atoms with Gasteiger partial charge in [0.05, 0.1) is 0 Å². The monoisotopic (exact) mass is 247 g/mol. The number of benzene rings is 2. The summed E-state index contributed by atoms with van der Waals surface area (Å²) in [6, 6.07) is 11.2. The highest BCUT2D eigenvalue weighted by atomic mass is 19.1. The number of halogens is 2. The number of aryl methyl sites for hydroxylation is 1. The highest BCUT2D eigenvalue weighted by Gasteiger charge is 2.09. The average Bonchev–Trinajstić information content (AvgIpc) is 2.31. The lowest BCUT2D eigenvalue weighted by atomic mass is 10.1. The van der Waals surface area contributed by atoms with Gasteiger partial charge in [0.15, 0.2) is 0 Å². The van der Waals surface area contributed by atoms with Crippen LogP contribution in [0.1, 0.15) is 24.1 Å². The minimum Gasteiger partial charge on any atom is -0.378 e. The fourth-order valence-corrected chi connectivity index (χ4v) is 1.88. The number of hydrogen-bond acceptors (Lipinski definition) is 1. The molecule has 1 N–H and O–H groups in total. The molecule has 1 atom stereocenters. The lowest BCUT2D eigenvalue weighted by Crippen LogP contribution is -2.08. The van der Waals surface area contributed by atoms with Crippen molar-refractivity contribution >= 4 is 5.69 Å². The Morgan fingerprint density at radius 2 is 1.61 bits per heavy atom. The van der Waals surface area contributed by atoms with Crippen LogP contribution in [0.5, 0.6) is 0 Å². The Kier molecular flexibility index (Phi) is 3.60. The number of nitrogens with one attached hydrogen (secondary N) is 1. The standard InChI is InChI=1S/C15H15F2N/c1-10-5-3-4-6-15(10)18-11(2)12-7-13(16)9-14(17)8-12/h3-9,11,18H,1-2H3. The first kappa shape index (κ1) is 12.6. The predicted octanol–water partition coefficient (Wildman–Crippen LogP) is 4.45. The molecule has 0 aliphatic heterocycles. The first-order chi connectivity index (χ1) is 8.56. The molecule has 0 saturated heterocycles. The number of para-hydroxylation sites is 1. The van der Waals surface area contributed by atoms with E-state index in [4.69, 9.17) is 0 Å². The highest BCUT2D eigenvalue weighted by molar-refractivity contribution is 5.51. The Balaban J connectivity index is 2.22. The molecule has 1 nitrogen and oxygen atoms in total. The lowest BCUT2D eigenvalue weighted by molar-refractivity contribution is 0.577. The van der Waals surface area contributed by atoms with E-state index >= 15 is 0 Å². The van der Waals surface area contributed by atoms with E-state index in [1.54, 1.807) is 0 Å². The number of rotatable bonds is 3. The highest BCUT2D eigenvalue weighted by Crippen LogP contribution is 2.23. The largest absolute Gasteiger partial charge is 0.378 e. The summed E-state index contributed by atoms with van der Waals surface area (Å²) in [7, 11) is 0. The molecular weight excluding hydrogens is 232 g/mol. The third-order valence-corrected chi connectivity index (χ3v) is 2.90. The summed E-state index contributed by atoms with van der Waals surface area (Å²) in [5.41, 5.74) is 2.66. The van der Waals surface area contributed by atoms with Gasteiger partial charge in [-0.1, -0.05) is 18.2 Å². The van der Waals surface area contributed by atoms with E-state index in [2.05, 4.69) is 5.32 Å². The Labute approximate surface area is 105 Å². The van der Waals surface area contributed by atoms with Gasteiger partial charge in [-0.25, -0.2) is 8.78 Å². The Hall–Kier alpha value is -1.90. The van der Waals surface area contributed by atoms with Crippen LogP contribution in [0.15, 0.2) is 42.5 Å². The lowest BCUT2D eigenvalue weighted by Gasteiger charge is -2.17. The average molecular weight is 247 g/mol. The molecule has 2 aromatic carbocycles. The van der Waals surface area contributed by atoms with Gasteiger partial charge in [-0.2, -0.15) is 0 Å². The van der Waals surface area contributed by atoms with Gasteiger partial charge >= 0.3 is 0 Å². The van der Waals surface area contributed by atoms with Crippen molar-refractivity contribution in [2.45, 2.75) is 19.9 Å². The molecule has 18 heavy (non-hydrogen) atoms. The normalized spacial score (nSPS) is 12.2. The van der Waals surface area contributed by atoms with E-state index in [1.807, 2.05) is 38.1 Å². The predicted molar refractivity (Wildman–Crippen MR) is 69.6 cm³/mol. The van der Waals surface area contributed by atoms with Gasteiger partial charge in [-0.05, 0) is 43.2 Å². The third-order valence-electron chi connectivity index (χ3n) is 2.90. The van der Waals surface area contributed by atoms with Crippen molar-refractivity contribution in [3.05, 3.63) is 65.2 Å². The van der Waals surface area contributed by atoms with Crippen molar-refractivity contribution in [3.63, 3.8) is 0 Å². The van der Waals surface area contributed by atoms with Crippen LogP contribution in [-0.2, 0) is 0 Å². The third kappa shape index (κ3) is 2.86. The smallest absolute Gasteiger partial charge is 0.126 e. The maximum Gasteiger partial charge on any atom is 0.126 e. The molecule has 1 unspecified atom stereocenters. The fourth-order valence-electron chi connectivity index (χ4n) is 1.88. The molecule has 94 valence electrons. The molecule has 0 amide bonds. The molecule has 0 spiro atoms. The first-order valence-electron chi connectivity index (χ1n) is 5.84. The van der Waals surface area contributed by atoms with Crippen molar-refractivity contribution in [1.82, 2.24) is 0 Å². The molecule has 0 radical (unpaired) electrons. The summed E-state index contributed by atoms with van der Waals surface area (Å²) in [4.78, 5) is 0. The van der Waals surface area contributed by atoms with Gasteiger partial charge in [0.2, 0.25) is 0 Å². The van der Waals surface area contributed by atoms with Crippen molar-refractivity contribution in [3.8, 4) is 0 Å². The maximum atomic E-state index is 13.1. The van der Waals surface area contributed by atoms with Crippen LogP contribution in [-0.4, -0.2) is 0 Å². The molecule has 0 bridgehead atoms. The van der Waals surface area contributed by atoms with Crippen molar-refractivity contribution in [2.24, 2.45) is 0 Å². The zero-order valence-corrected chi connectivity index (χ0v) is 10.4. The van der Waals surface area contributed by atoms with Gasteiger partial charge in [0, 0.05) is 17.8 Å². The van der Waals surface area contributed by atoms with Gasteiger partial charge < -0.3 is 5.32 Å². The zero-order valence-electron chi connectivity index (χ0n) is 10.4. The summed E-state index contributed by atoms with van der Waals surface area (Å²) >= 11 is 0. The van der Waals surface area contributed by atoms with Crippen LogP contribution in [0.3, 0.4) is 0 Å². The second-order valence-corrected chi connectivity index (χ2v) is 4.38. The van der Waals surface area contributed by atoms with Crippen molar-refractivity contribution < 1.29 is 8.78 Å². The molecule has 3 heteroatoms. The molecule has 2 aromatic rings. The van der Waals surface area contributed by atoms with Crippen LogP contribution in [0.2, 0.25) is 0 Å². The van der Waals surface area contributed by atoms with Gasteiger partial charge in [0.25, 0.3) is 0 Å². The maximum absolute atomic E-state index is 13.1. The zero-order chi connectivity index (χ0) is 13.1. The van der Waals surface area contributed by atoms with E-state index in [1.165, 1.54) is 12.1 Å². The second-order valence-electron chi connectivity index (χ2n) is 4.38. The summed E-state index contributed by atoms with van der Waals surface area (Å²) in [5, 5.41) is 3.25. The Morgan fingerprint density at radius 3 is 2.22 bits per heavy atom. The number of anilines is 1. The van der Waals surface area contributed by atoms with Crippen LogP contribution >= 0.6 is 0 Å². The van der Waals surface area contributed by atoms with E-state index in [9.17, 15) is 8.78 Å². The summed E-state index contributed by atoms with van der Waals surface area (Å²) in [6.45, 7) is 3.86. The van der Waals surface area contributed by atoms with Crippen LogP contribution in [0.25, 0.3) is 0 Å². The van der Waals surface area contributed by atoms with E-state index in [0.29, 0.717) is 5.56 Å². The first-order valence-corrected chi connectivity index (χ1v) is 5.84. The van der Waals surface area contributed by atoms with E-state index in [-0.39, 0.29) is 6.04 Å². The Morgan fingerprint density at radius 1 is 1.00 bits per heavy atom. The molecule has 0 saturated carbocycles. The minimum atomic E-state index is -0.552. The molecule has 0 aliphatic rings. The van der Waals surface area contributed by atoms with Crippen LogP contribution in [0, 0.1) is 18.6 Å². The molecular formula is C15H15F2N. The molecule has 2 rings (SSSR count). The van der Waals surface area contributed by atoms with Gasteiger partial charge in [0.1, 0.15) is 11.6 Å². The molecule has 0 fully saturated rings. The SMILES string of the molecule is Cc1ccccc1NC(C)c1cc(F)cc(F)c1. The van der Waals surface area contributed by atoms with Crippen LogP contribution in [0.4, 0.5) is 14.5 Å². The van der Waals surface area contributed by atoms with E-state index < -0.39 is 11.6 Å². The summed E-state index contributed by atoms with van der Waals surface area (Å²) < 4.78 is 26.3. The summed E-state index contributed by atoms with van der Waals surface area (Å²) in [5.74, 6) is -1.10. The van der Waals surface area contributed by atoms with E-state index in [0.717, 1.165) is 17.3 Å². The summed E-state index contributed by atoms with van der Waals surface area (Å²) in [6.07, 6.45) is 0. The molecule has 0 aliphatic carbocycles.